The molecule has 0 radical (unpaired) electrons. The lowest BCUT2D eigenvalue weighted by Gasteiger charge is -2.23. The van der Waals surface area contributed by atoms with Crippen LogP contribution in [0.3, 0.4) is 0 Å². The number of nitrogens with one attached hydrogen (secondary N) is 1. The average molecular weight is 294 g/mol. The van der Waals surface area contributed by atoms with Gasteiger partial charge in [-0.05, 0) is 18.9 Å². The first-order valence-corrected chi connectivity index (χ1v) is 7.10. The molecule has 0 atom stereocenters. The van der Waals surface area contributed by atoms with Crippen LogP contribution in [0, 0.1) is 0 Å². The third-order valence-electron chi connectivity index (χ3n) is 3.44. The van der Waals surface area contributed by atoms with Crippen LogP contribution in [0.4, 0.5) is 0 Å². The van der Waals surface area contributed by atoms with Gasteiger partial charge in [-0.25, -0.2) is 0 Å². The van der Waals surface area contributed by atoms with Crippen LogP contribution in [0.5, 0.6) is 11.5 Å². The van der Waals surface area contributed by atoms with Gasteiger partial charge < -0.3 is 25.3 Å². The fourth-order valence-corrected chi connectivity index (χ4v) is 2.22. The summed E-state index contributed by atoms with van der Waals surface area (Å²) in [6.45, 7) is 1.70. The van der Waals surface area contributed by atoms with Crippen LogP contribution in [0.1, 0.15) is 18.4 Å². The summed E-state index contributed by atoms with van der Waals surface area (Å²) in [6.07, 6.45) is 1.69. The Labute approximate surface area is 124 Å². The van der Waals surface area contributed by atoms with E-state index in [1.807, 2.05) is 12.1 Å². The third kappa shape index (κ3) is 4.61. The minimum Gasteiger partial charge on any atom is -0.497 e. The van der Waals surface area contributed by atoms with Gasteiger partial charge in [-0.15, -0.1) is 0 Å². The van der Waals surface area contributed by atoms with Crippen molar-refractivity contribution in [1.29, 1.82) is 0 Å². The number of benzene rings is 1. The summed E-state index contributed by atoms with van der Waals surface area (Å²) < 4.78 is 16.0. The molecule has 0 aromatic heterocycles. The lowest BCUT2D eigenvalue weighted by molar-refractivity contribution is -0.124. The van der Waals surface area contributed by atoms with E-state index >= 15 is 0 Å². The Hall–Kier alpha value is -1.79. The topological polar surface area (TPSA) is 82.8 Å². The number of nitrogens with two attached hydrogens (primary N) is 1. The Morgan fingerprint density at radius 2 is 2.19 bits per heavy atom. The lowest BCUT2D eigenvalue weighted by atomic mass is 10.1. The first-order valence-electron chi connectivity index (χ1n) is 7.10. The van der Waals surface area contributed by atoms with E-state index in [9.17, 15) is 4.79 Å². The van der Waals surface area contributed by atoms with Crippen molar-refractivity contribution in [2.45, 2.75) is 25.4 Å². The summed E-state index contributed by atoms with van der Waals surface area (Å²) >= 11 is 0. The molecule has 1 aliphatic rings. The van der Waals surface area contributed by atoms with Crippen molar-refractivity contribution in [3.8, 4) is 11.5 Å². The lowest BCUT2D eigenvalue weighted by Crippen LogP contribution is -2.41. The van der Waals surface area contributed by atoms with Gasteiger partial charge in [0.2, 0.25) is 0 Å². The van der Waals surface area contributed by atoms with Gasteiger partial charge in [0, 0.05) is 37.4 Å². The van der Waals surface area contributed by atoms with E-state index in [0.29, 0.717) is 31.3 Å². The SMILES string of the molecule is COc1ccc(CN)c(OCC(=O)NC2CCOCC2)c1. The fraction of sp³-hybridized carbons (Fsp3) is 0.533. The summed E-state index contributed by atoms with van der Waals surface area (Å²) in [4.78, 5) is 11.9. The Kier molecular flexibility index (Phi) is 5.83. The molecule has 2 rings (SSSR count). The molecule has 6 nitrogen and oxygen atoms in total. The van der Waals surface area contributed by atoms with Crippen LogP contribution in [-0.4, -0.2) is 38.9 Å². The van der Waals surface area contributed by atoms with E-state index < -0.39 is 0 Å². The van der Waals surface area contributed by atoms with Crippen molar-refractivity contribution in [3.05, 3.63) is 23.8 Å². The van der Waals surface area contributed by atoms with E-state index in [-0.39, 0.29) is 18.6 Å². The van der Waals surface area contributed by atoms with Crippen molar-refractivity contribution < 1.29 is 19.0 Å². The van der Waals surface area contributed by atoms with E-state index in [1.165, 1.54) is 0 Å². The molecule has 0 aliphatic carbocycles. The zero-order chi connectivity index (χ0) is 15.1. The van der Waals surface area contributed by atoms with Crippen LogP contribution >= 0.6 is 0 Å². The summed E-state index contributed by atoms with van der Waals surface area (Å²) in [5.41, 5.74) is 6.50. The minimum atomic E-state index is -0.132. The number of rotatable bonds is 6. The molecule has 21 heavy (non-hydrogen) atoms. The molecule has 1 aromatic rings. The van der Waals surface area contributed by atoms with Crippen LogP contribution in [0.15, 0.2) is 18.2 Å². The van der Waals surface area contributed by atoms with Gasteiger partial charge in [-0.1, -0.05) is 6.07 Å². The van der Waals surface area contributed by atoms with Crippen LogP contribution < -0.4 is 20.5 Å². The Morgan fingerprint density at radius 1 is 1.43 bits per heavy atom. The van der Waals surface area contributed by atoms with E-state index in [1.54, 1.807) is 13.2 Å². The standard InChI is InChI=1S/C15H22N2O4/c1-19-13-3-2-11(9-16)14(8-13)21-10-15(18)17-12-4-6-20-7-5-12/h2-3,8,12H,4-7,9-10,16H2,1H3,(H,17,18). The number of amides is 1. The molecule has 1 aromatic carbocycles. The first-order chi connectivity index (χ1) is 10.2. The van der Waals surface area contributed by atoms with E-state index in [0.717, 1.165) is 18.4 Å². The van der Waals surface area contributed by atoms with Crippen LogP contribution in [0.2, 0.25) is 0 Å². The zero-order valence-corrected chi connectivity index (χ0v) is 12.3. The molecular formula is C15H22N2O4. The maximum Gasteiger partial charge on any atom is 0.258 e. The van der Waals surface area contributed by atoms with Gasteiger partial charge in [-0.3, -0.25) is 4.79 Å². The zero-order valence-electron chi connectivity index (χ0n) is 12.3. The highest BCUT2D eigenvalue weighted by molar-refractivity contribution is 5.77. The number of carbonyl (C=O) groups excluding carboxylic acids is 1. The Balaban J connectivity index is 1.87. The van der Waals surface area contributed by atoms with Gasteiger partial charge in [0.1, 0.15) is 11.5 Å². The molecule has 116 valence electrons. The van der Waals surface area contributed by atoms with Crippen molar-refractivity contribution >= 4 is 5.91 Å². The molecular weight excluding hydrogens is 272 g/mol. The van der Waals surface area contributed by atoms with Gasteiger partial charge in [-0.2, -0.15) is 0 Å². The second-order valence-corrected chi connectivity index (χ2v) is 4.92. The predicted octanol–water partition coefficient (Wildman–Crippen LogP) is 0.828. The molecule has 1 aliphatic heterocycles. The highest BCUT2D eigenvalue weighted by Crippen LogP contribution is 2.24. The third-order valence-corrected chi connectivity index (χ3v) is 3.44. The Bertz CT molecular complexity index is 473. The number of carbonyl (C=O) groups is 1. The maximum absolute atomic E-state index is 11.9. The quantitative estimate of drug-likeness (QED) is 0.812. The second-order valence-electron chi connectivity index (χ2n) is 4.92. The molecule has 1 heterocycles. The van der Waals surface area contributed by atoms with Gasteiger partial charge in [0.05, 0.1) is 7.11 Å². The fourth-order valence-electron chi connectivity index (χ4n) is 2.22. The number of hydrogen-bond donors (Lipinski definition) is 2. The van der Waals surface area contributed by atoms with Crippen molar-refractivity contribution in [2.24, 2.45) is 5.73 Å². The minimum absolute atomic E-state index is 0.0302. The maximum atomic E-state index is 11.9. The van der Waals surface area contributed by atoms with Crippen molar-refractivity contribution in [1.82, 2.24) is 5.32 Å². The van der Waals surface area contributed by atoms with E-state index in [2.05, 4.69) is 5.32 Å². The van der Waals surface area contributed by atoms with Gasteiger partial charge >= 0.3 is 0 Å². The molecule has 0 saturated carbocycles. The first kappa shape index (κ1) is 15.6. The molecule has 3 N–H and O–H groups in total. The molecule has 0 unspecified atom stereocenters. The van der Waals surface area contributed by atoms with E-state index in [4.69, 9.17) is 19.9 Å². The highest BCUT2D eigenvalue weighted by atomic mass is 16.5. The number of hydrogen-bond acceptors (Lipinski definition) is 5. The molecule has 1 fully saturated rings. The summed E-state index contributed by atoms with van der Waals surface area (Å²) in [7, 11) is 1.58. The van der Waals surface area contributed by atoms with Gasteiger partial charge in [0.15, 0.2) is 6.61 Å². The largest absolute Gasteiger partial charge is 0.497 e. The highest BCUT2D eigenvalue weighted by Gasteiger charge is 2.16. The average Bonchev–Trinajstić information content (AvgIpc) is 2.53. The number of ether oxygens (including phenoxy) is 3. The molecule has 0 bridgehead atoms. The van der Waals surface area contributed by atoms with Crippen LogP contribution in [0.25, 0.3) is 0 Å². The van der Waals surface area contributed by atoms with Crippen LogP contribution in [-0.2, 0) is 16.1 Å². The normalized spacial score (nSPS) is 15.5. The van der Waals surface area contributed by atoms with Crippen molar-refractivity contribution in [2.75, 3.05) is 26.9 Å². The summed E-state index contributed by atoms with van der Waals surface area (Å²) in [5.74, 6) is 1.12. The molecule has 6 heteroatoms. The Morgan fingerprint density at radius 3 is 2.86 bits per heavy atom. The summed E-state index contributed by atoms with van der Waals surface area (Å²) in [5, 5.41) is 2.95. The monoisotopic (exact) mass is 294 g/mol. The molecule has 1 amide bonds. The smallest absolute Gasteiger partial charge is 0.258 e. The number of methoxy groups -OCH3 is 1. The second kappa shape index (κ2) is 7.85. The van der Waals surface area contributed by atoms with Gasteiger partial charge in [0.25, 0.3) is 5.91 Å². The molecule has 0 spiro atoms. The molecule has 1 saturated heterocycles. The predicted molar refractivity (Wildman–Crippen MR) is 78.4 cm³/mol. The van der Waals surface area contributed by atoms with Crippen molar-refractivity contribution in [3.63, 3.8) is 0 Å². The summed E-state index contributed by atoms with van der Waals surface area (Å²) in [6, 6.07) is 5.57.